The van der Waals surface area contributed by atoms with Crippen molar-refractivity contribution in [2.24, 2.45) is 22.7 Å². The zero-order chi connectivity index (χ0) is 48.0. The molecule has 66 heavy (non-hydrogen) atoms. The third-order valence-corrected chi connectivity index (χ3v) is 15.3. The van der Waals surface area contributed by atoms with E-state index in [0.29, 0.717) is 35.1 Å². The number of carbonyl (C=O) groups excluding carboxylic acids is 5. The lowest BCUT2D eigenvalue weighted by atomic mass is 9.44. The molecule has 1 heterocycles. The number of amides is 3. The Morgan fingerprint density at radius 2 is 1.76 bits per heavy atom. The maximum atomic E-state index is 17.9. The lowest BCUT2D eigenvalue weighted by Crippen LogP contribution is -2.69. The molecule has 4 fully saturated rings. The summed E-state index contributed by atoms with van der Waals surface area (Å²) in [6.45, 7) is 1.44. The third-order valence-electron chi connectivity index (χ3n) is 14.3. The summed E-state index contributed by atoms with van der Waals surface area (Å²) in [7, 11) is -5.13. The molecule has 5 aliphatic rings. The minimum atomic E-state index is -5.13. The molecule has 3 saturated carbocycles. The number of ketones is 2. The summed E-state index contributed by atoms with van der Waals surface area (Å²) in [5, 5.41) is 38.7. The number of halogens is 2. The molecule has 18 nitrogen and oxygen atoms in total. The summed E-state index contributed by atoms with van der Waals surface area (Å²) >= 11 is 2.97. The number of phosphoric ester groups is 1. The van der Waals surface area contributed by atoms with Crippen LogP contribution < -0.4 is 16.0 Å². The van der Waals surface area contributed by atoms with Gasteiger partial charge in [-0.05, 0) is 80.7 Å². The van der Waals surface area contributed by atoms with Crippen LogP contribution in [0.2, 0.25) is 0 Å². The number of aliphatic hydroxyl groups is 2. The molecule has 2 aromatic carbocycles. The van der Waals surface area contributed by atoms with Crippen molar-refractivity contribution < 1.29 is 76.8 Å². The Morgan fingerprint density at radius 1 is 1.05 bits per heavy atom. The number of hydrogen-bond acceptors (Lipinski definition) is 12. The van der Waals surface area contributed by atoms with Gasteiger partial charge in [0, 0.05) is 40.0 Å². The molecule has 0 spiro atoms. The number of carboxylic acids is 1. The summed E-state index contributed by atoms with van der Waals surface area (Å²) in [6, 6.07) is 10.6. The van der Waals surface area contributed by atoms with Crippen molar-refractivity contribution in [2.75, 3.05) is 23.8 Å². The lowest BCUT2D eigenvalue weighted by molar-refractivity contribution is -0.231. The standard InChI is InChI=1S/C45H52BrFN3O15P/c1-42-14-13-29(52)17-28(42)9-10-30-31-18-36-45(35(54)23-63-66(60,61)62,43(31,2)19-34(53)44(30,42)47)65-41(64-36)26-6-3-24(4-7-26)15-25-5-8-27(22-51)33(16-25)50-40(59)32(11-12-39(57)58)49-38(56)21-48-37(55)20-46/h3-8,13-14,16-17,30-32,34,36,41,51,53H,9-12,15,18-23H2,1-2H3,(H,48,55)(H,49,56)(H,50,59)(H,57,58)(H2,60,61,62)/t30-,31-,32-,34-,36+,41+,42-,43-,44-,45+/m0/s1. The Hall–Kier alpha value is -4.50. The van der Waals surface area contributed by atoms with E-state index < -0.39 is 122 Å². The average Bonchev–Trinajstić information content (AvgIpc) is 3.77. The van der Waals surface area contributed by atoms with Crippen molar-refractivity contribution in [3.05, 3.63) is 88.5 Å². The first-order chi connectivity index (χ1) is 31.1. The molecule has 10 atom stereocenters. The molecule has 0 unspecified atom stereocenters. The maximum Gasteiger partial charge on any atom is 0.470 e. The number of alkyl halides is 2. The van der Waals surface area contributed by atoms with Crippen LogP contribution in [-0.2, 0) is 60.4 Å². The molecule has 2 aromatic rings. The molecule has 0 aromatic heterocycles. The van der Waals surface area contributed by atoms with Crippen LogP contribution in [-0.4, -0.2) is 108 Å². The van der Waals surface area contributed by atoms with Gasteiger partial charge in [0.1, 0.15) is 12.6 Å². The highest BCUT2D eigenvalue weighted by atomic mass is 79.9. The van der Waals surface area contributed by atoms with Gasteiger partial charge in [0.2, 0.25) is 17.7 Å². The molecule has 21 heteroatoms. The predicted octanol–water partition coefficient (Wildman–Crippen LogP) is 3.38. The Bertz CT molecular complexity index is 2410. The summed E-state index contributed by atoms with van der Waals surface area (Å²) in [5.74, 6) is -5.63. The van der Waals surface area contributed by atoms with E-state index in [0.717, 1.165) is 5.56 Å². The van der Waals surface area contributed by atoms with Crippen LogP contribution in [0.5, 0.6) is 0 Å². The first-order valence-electron chi connectivity index (χ1n) is 21.4. The summed E-state index contributed by atoms with van der Waals surface area (Å²) in [4.78, 5) is 94.7. The van der Waals surface area contributed by atoms with Crippen molar-refractivity contribution in [1.29, 1.82) is 0 Å². The lowest BCUT2D eigenvalue weighted by Gasteiger charge is -2.62. The number of ether oxygens (including phenoxy) is 2. The summed E-state index contributed by atoms with van der Waals surface area (Å²) < 4.78 is 47.6. The molecular formula is C45H52BrFN3O15P. The van der Waals surface area contributed by atoms with Crippen LogP contribution in [0.4, 0.5) is 10.1 Å². The van der Waals surface area contributed by atoms with Gasteiger partial charge in [0.15, 0.2) is 29.1 Å². The van der Waals surface area contributed by atoms with E-state index in [1.165, 1.54) is 18.2 Å². The highest BCUT2D eigenvalue weighted by Crippen LogP contribution is 2.72. The minimum Gasteiger partial charge on any atom is -0.481 e. The van der Waals surface area contributed by atoms with Crippen molar-refractivity contribution in [1.82, 2.24) is 10.6 Å². The van der Waals surface area contributed by atoms with Gasteiger partial charge in [-0.1, -0.05) is 70.9 Å². The number of carbonyl (C=O) groups is 6. The van der Waals surface area contributed by atoms with Gasteiger partial charge in [-0.3, -0.25) is 33.3 Å². The maximum absolute atomic E-state index is 17.9. The SMILES string of the molecule is C[C@]12C=CC(=O)C=C1CC[C@H]1[C@@H]3C[C@H]4O[C@@H](c5ccc(Cc6ccc(CO)c(NC(=O)[C@H](CCC(=O)O)NC(=O)CNC(=O)CBr)c6)cc5)O[C@@]4(C(=O)COP(=O)(O)O)[C@@]3(C)C[C@H](O)[C@@]12F. The summed E-state index contributed by atoms with van der Waals surface area (Å²) in [6.07, 6.45) is 0.527. The van der Waals surface area contributed by atoms with Gasteiger partial charge in [-0.2, -0.15) is 0 Å². The largest absolute Gasteiger partial charge is 0.481 e. The number of anilines is 1. The van der Waals surface area contributed by atoms with Gasteiger partial charge in [-0.25, -0.2) is 8.96 Å². The van der Waals surface area contributed by atoms with Gasteiger partial charge >= 0.3 is 13.8 Å². The van der Waals surface area contributed by atoms with E-state index in [9.17, 15) is 58.4 Å². The zero-order valence-electron chi connectivity index (χ0n) is 36.0. The Labute approximate surface area is 387 Å². The van der Waals surface area contributed by atoms with Crippen molar-refractivity contribution in [3.63, 3.8) is 0 Å². The fraction of sp³-hybridized carbons (Fsp3) is 0.511. The van der Waals surface area contributed by atoms with E-state index in [1.54, 1.807) is 56.3 Å². The number of allylic oxidation sites excluding steroid dienone is 4. The van der Waals surface area contributed by atoms with Crippen LogP contribution >= 0.6 is 23.8 Å². The smallest absolute Gasteiger partial charge is 0.470 e. The number of fused-ring (bicyclic) bond motifs is 7. The average molecular weight is 1000 g/mol. The molecule has 0 bridgehead atoms. The van der Waals surface area contributed by atoms with Crippen LogP contribution in [0, 0.1) is 22.7 Å². The molecule has 3 amide bonds. The molecule has 4 aliphatic carbocycles. The second-order valence-corrected chi connectivity index (χ2v) is 19.8. The van der Waals surface area contributed by atoms with Crippen molar-refractivity contribution in [2.45, 2.75) is 101 Å². The molecule has 8 N–H and O–H groups in total. The van der Waals surface area contributed by atoms with E-state index in [2.05, 4.69) is 31.9 Å². The fourth-order valence-corrected chi connectivity index (χ4v) is 11.6. The number of aliphatic hydroxyl groups excluding tert-OH is 2. The second-order valence-electron chi connectivity index (χ2n) is 18.0. The highest BCUT2D eigenvalue weighted by molar-refractivity contribution is 9.09. The Morgan fingerprint density at radius 3 is 2.42 bits per heavy atom. The number of phosphoric acid groups is 1. The first kappa shape index (κ1) is 49.4. The first-order valence-corrected chi connectivity index (χ1v) is 24.1. The summed E-state index contributed by atoms with van der Waals surface area (Å²) in [5.41, 5.74) is -3.67. The number of aliphatic carboxylic acids is 1. The van der Waals surface area contributed by atoms with Crippen LogP contribution in [0.15, 0.2) is 66.3 Å². The number of Topliss-reactive ketones (excluding diaryl/α,β-unsaturated/α-hetero) is 1. The highest BCUT2D eigenvalue weighted by Gasteiger charge is 2.79. The fourth-order valence-electron chi connectivity index (χ4n) is 11.1. The number of carboxylic acid groups (broad SMARTS) is 1. The number of hydrogen-bond donors (Lipinski definition) is 8. The quantitative estimate of drug-likeness (QED) is 0.0833. The second kappa shape index (κ2) is 18.9. The number of nitrogens with one attached hydrogen (secondary N) is 3. The van der Waals surface area contributed by atoms with Crippen molar-refractivity contribution >= 4 is 64.7 Å². The van der Waals surface area contributed by atoms with Crippen LogP contribution in [0.1, 0.15) is 80.9 Å². The van der Waals surface area contributed by atoms with Crippen LogP contribution in [0.25, 0.3) is 0 Å². The minimum absolute atomic E-state index is 0.0523. The van der Waals surface area contributed by atoms with Gasteiger partial charge in [0.25, 0.3) is 0 Å². The molecule has 356 valence electrons. The van der Waals surface area contributed by atoms with E-state index in [1.807, 2.05) is 0 Å². The molecule has 1 saturated heterocycles. The predicted molar refractivity (Wildman–Crippen MR) is 234 cm³/mol. The van der Waals surface area contributed by atoms with E-state index in [-0.39, 0.29) is 42.5 Å². The van der Waals surface area contributed by atoms with Crippen LogP contribution in [0.3, 0.4) is 0 Å². The monoisotopic (exact) mass is 1000 g/mol. The van der Waals surface area contributed by atoms with Crippen molar-refractivity contribution in [3.8, 4) is 0 Å². The number of rotatable bonds is 17. The normalized spacial score (nSPS) is 31.4. The van der Waals surface area contributed by atoms with Gasteiger partial charge in [-0.15, -0.1) is 0 Å². The zero-order valence-corrected chi connectivity index (χ0v) is 38.5. The van der Waals surface area contributed by atoms with E-state index in [4.69, 9.17) is 14.0 Å². The molecule has 0 radical (unpaired) electrons. The van der Waals surface area contributed by atoms with E-state index >= 15 is 4.39 Å². The molecule has 7 rings (SSSR count). The third kappa shape index (κ3) is 9.11. The number of benzene rings is 2. The Kier molecular flexibility index (Phi) is 14.1. The molecule has 1 aliphatic heterocycles. The van der Waals surface area contributed by atoms with Gasteiger partial charge < -0.3 is 50.5 Å². The topological polar surface area (TPSA) is 284 Å². The molecular weight excluding hydrogens is 952 g/mol. The van der Waals surface area contributed by atoms with Gasteiger partial charge in [0.05, 0.1) is 30.7 Å². The Balaban J connectivity index is 1.10.